The molecule has 94 valence electrons. The van der Waals surface area contributed by atoms with Crippen LogP contribution in [-0.4, -0.2) is 36.0 Å². The number of hydrogen-bond acceptors (Lipinski definition) is 1. The molecule has 7 heteroatoms. The van der Waals surface area contributed by atoms with Crippen LogP contribution in [-0.2, 0) is 4.79 Å². The van der Waals surface area contributed by atoms with Gasteiger partial charge in [-0.05, 0) is 18.8 Å². The Kier molecular flexibility index (Phi) is 3.44. The first-order valence-corrected chi connectivity index (χ1v) is 4.90. The number of likely N-dealkylation sites (tertiary alicyclic amines) is 1. The van der Waals surface area contributed by atoms with E-state index in [-0.39, 0.29) is 19.0 Å². The highest BCUT2D eigenvalue weighted by atomic mass is 19.4. The van der Waals surface area contributed by atoms with Crippen molar-refractivity contribution < 1.29 is 26.7 Å². The molecule has 0 aromatic carbocycles. The molecule has 0 N–H and O–H groups in total. The highest BCUT2D eigenvalue weighted by Gasteiger charge is 2.64. The lowest BCUT2D eigenvalue weighted by molar-refractivity contribution is -0.274. The van der Waals surface area contributed by atoms with E-state index in [1.165, 1.54) is 0 Å². The van der Waals surface area contributed by atoms with E-state index in [4.69, 9.17) is 0 Å². The number of alkyl halides is 5. The van der Waals surface area contributed by atoms with Crippen LogP contribution in [0.5, 0.6) is 0 Å². The zero-order chi connectivity index (χ0) is 12.6. The Bertz CT molecular complexity index is 268. The third-order valence-corrected chi connectivity index (χ3v) is 2.70. The van der Waals surface area contributed by atoms with Crippen LogP contribution in [0.2, 0.25) is 0 Å². The van der Waals surface area contributed by atoms with Gasteiger partial charge in [0.05, 0.1) is 0 Å². The Hall–Kier alpha value is -0.880. The molecule has 0 unspecified atom stereocenters. The summed E-state index contributed by atoms with van der Waals surface area (Å²) in [5, 5.41) is 0. The minimum Gasteiger partial charge on any atom is -0.337 e. The first kappa shape index (κ1) is 13.2. The average Bonchev–Trinajstić information content (AvgIpc) is 2.16. The summed E-state index contributed by atoms with van der Waals surface area (Å²) < 4.78 is 61.1. The molecular weight excluding hydrogens is 233 g/mol. The summed E-state index contributed by atoms with van der Waals surface area (Å²) in [6, 6.07) is 0. The molecule has 1 aliphatic heterocycles. The third kappa shape index (κ3) is 2.44. The lowest BCUT2D eigenvalue weighted by atomic mass is 9.99. The zero-order valence-corrected chi connectivity index (χ0v) is 8.65. The molecule has 1 aliphatic rings. The molecule has 2 nitrogen and oxygen atoms in total. The van der Waals surface area contributed by atoms with E-state index in [9.17, 15) is 26.7 Å². The van der Waals surface area contributed by atoms with Crippen molar-refractivity contribution in [1.82, 2.24) is 4.90 Å². The molecule has 0 aromatic rings. The highest BCUT2D eigenvalue weighted by Crippen LogP contribution is 2.37. The molecule has 0 aromatic heterocycles. The SMILES string of the molecule is CC1CCN(C(=O)C(F)(F)C(F)(F)F)CC1. The zero-order valence-electron chi connectivity index (χ0n) is 8.65. The van der Waals surface area contributed by atoms with Crippen molar-refractivity contribution in [3.63, 3.8) is 0 Å². The van der Waals surface area contributed by atoms with Gasteiger partial charge in [-0.1, -0.05) is 6.92 Å². The molecule has 1 rings (SSSR count). The monoisotopic (exact) mass is 245 g/mol. The van der Waals surface area contributed by atoms with Gasteiger partial charge in [0.15, 0.2) is 0 Å². The van der Waals surface area contributed by atoms with E-state index in [1.807, 2.05) is 6.92 Å². The molecule has 1 fully saturated rings. The molecule has 0 spiro atoms. The molecule has 0 bridgehead atoms. The van der Waals surface area contributed by atoms with Gasteiger partial charge in [-0.3, -0.25) is 4.79 Å². The maximum absolute atomic E-state index is 12.7. The van der Waals surface area contributed by atoms with E-state index < -0.39 is 18.0 Å². The van der Waals surface area contributed by atoms with Crippen LogP contribution >= 0.6 is 0 Å². The molecule has 0 radical (unpaired) electrons. The Labute approximate surface area is 89.4 Å². The second kappa shape index (κ2) is 4.18. The van der Waals surface area contributed by atoms with Gasteiger partial charge in [-0.25, -0.2) is 0 Å². The van der Waals surface area contributed by atoms with Gasteiger partial charge >= 0.3 is 18.0 Å². The molecule has 0 aliphatic carbocycles. The summed E-state index contributed by atoms with van der Waals surface area (Å²) in [6.07, 6.45) is -4.90. The molecule has 1 heterocycles. The number of carbonyl (C=O) groups excluding carboxylic acids is 1. The number of hydrogen-bond donors (Lipinski definition) is 0. The predicted octanol–water partition coefficient (Wildman–Crippen LogP) is 2.44. The Balaban J connectivity index is 2.71. The van der Waals surface area contributed by atoms with E-state index in [0.29, 0.717) is 17.7 Å². The lowest BCUT2D eigenvalue weighted by Crippen LogP contribution is -2.53. The molecule has 16 heavy (non-hydrogen) atoms. The second-order valence-corrected chi connectivity index (χ2v) is 4.05. The largest absolute Gasteiger partial charge is 0.463 e. The summed E-state index contributed by atoms with van der Waals surface area (Å²) in [7, 11) is 0. The summed E-state index contributed by atoms with van der Waals surface area (Å²) in [5.41, 5.74) is 0. The van der Waals surface area contributed by atoms with Crippen molar-refractivity contribution in [2.24, 2.45) is 5.92 Å². The fourth-order valence-electron chi connectivity index (χ4n) is 1.53. The molecule has 1 amide bonds. The van der Waals surface area contributed by atoms with E-state index in [0.717, 1.165) is 0 Å². The Morgan fingerprint density at radius 2 is 1.56 bits per heavy atom. The van der Waals surface area contributed by atoms with Crippen LogP contribution < -0.4 is 0 Å². The van der Waals surface area contributed by atoms with Gasteiger partial charge < -0.3 is 4.90 Å². The highest BCUT2D eigenvalue weighted by molar-refractivity contribution is 5.84. The van der Waals surface area contributed by atoms with Gasteiger partial charge in [-0.2, -0.15) is 22.0 Å². The molecule has 0 atom stereocenters. The molecular formula is C9H12F5NO. The topological polar surface area (TPSA) is 20.3 Å². The van der Waals surface area contributed by atoms with Crippen molar-refractivity contribution in [2.75, 3.05) is 13.1 Å². The van der Waals surface area contributed by atoms with E-state index in [2.05, 4.69) is 0 Å². The summed E-state index contributed by atoms with van der Waals surface area (Å²) in [6.45, 7) is 1.79. The minimum absolute atomic E-state index is 0.0360. The fourth-order valence-corrected chi connectivity index (χ4v) is 1.53. The van der Waals surface area contributed by atoms with Gasteiger partial charge in [0.25, 0.3) is 0 Å². The summed E-state index contributed by atoms with van der Waals surface area (Å²) in [4.78, 5) is 11.6. The number of piperidine rings is 1. The number of amides is 1. The van der Waals surface area contributed by atoms with Crippen LogP contribution in [0.4, 0.5) is 22.0 Å². The van der Waals surface area contributed by atoms with Crippen molar-refractivity contribution in [3.8, 4) is 0 Å². The maximum Gasteiger partial charge on any atom is 0.463 e. The Morgan fingerprint density at radius 3 is 1.94 bits per heavy atom. The lowest BCUT2D eigenvalue weighted by Gasteiger charge is -2.33. The maximum atomic E-state index is 12.7. The second-order valence-electron chi connectivity index (χ2n) is 4.05. The van der Waals surface area contributed by atoms with E-state index >= 15 is 0 Å². The standard InChI is InChI=1S/C9H12F5NO/c1-6-2-4-15(5-3-6)7(16)8(10,11)9(12,13)14/h6H,2-5H2,1H3. The number of carbonyl (C=O) groups is 1. The average molecular weight is 245 g/mol. The summed E-state index contributed by atoms with van der Waals surface area (Å²) in [5.74, 6) is -7.15. The summed E-state index contributed by atoms with van der Waals surface area (Å²) >= 11 is 0. The van der Waals surface area contributed by atoms with Gasteiger partial charge in [-0.15, -0.1) is 0 Å². The number of rotatable bonds is 1. The Morgan fingerprint density at radius 1 is 1.12 bits per heavy atom. The van der Waals surface area contributed by atoms with Crippen molar-refractivity contribution in [1.29, 1.82) is 0 Å². The first-order valence-electron chi connectivity index (χ1n) is 4.90. The van der Waals surface area contributed by atoms with Crippen LogP contribution in [0, 0.1) is 5.92 Å². The predicted molar refractivity (Wildman–Crippen MR) is 46.0 cm³/mol. The van der Waals surface area contributed by atoms with Crippen molar-refractivity contribution in [2.45, 2.75) is 31.9 Å². The number of nitrogens with zero attached hydrogens (tertiary/aromatic N) is 1. The molecule has 1 saturated heterocycles. The normalized spacial score (nSPS) is 20.0. The van der Waals surface area contributed by atoms with Crippen LogP contribution in [0.25, 0.3) is 0 Å². The molecule has 0 saturated carbocycles. The number of halogens is 5. The van der Waals surface area contributed by atoms with Gasteiger partial charge in [0.1, 0.15) is 0 Å². The smallest absolute Gasteiger partial charge is 0.337 e. The third-order valence-electron chi connectivity index (χ3n) is 2.70. The van der Waals surface area contributed by atoms with Crippen LogP contribution in [0.15, 0.2) is 0 Å². The van der Waals surface area contributed by atoms with Crippen LogP contribution in [0.1, 0.15) is 19.8 Å². The minimum atomic E-state index is -5.81. The fraction of sp³-hybridized carbons (Fsp3) is 0.889. The van der Waals surface area contributed by atoms with Crippen LogP contribution in [0.3, 0.4) is 0 Å². The van der Waals surface area contributed by atoms with E-state index in [1.54, 1.807) is 0 Å². The van der Waals surface area contributed by atoms with Gasteiger partial charge in [0, 0.05) is 13.1 Å². The quantitative estimate of drug-likeness (QED) is 0.650. The van der Waals surface area contributed by atoms with Crippen molar-refractivity contribution in [3.05, 3.63) is 0 Å². The first-order chi connectivity index (χ1) is 7.16. The van der Waals surface area contributed by atoms with Gasteiger partial charge in [0.2, 0.25) is 0 Å². The van der Waals surface area contributed by atoms with Crippen molar-refractivity contribution >= 4 is 5.91 Å².